The lowest BCUT2D eigenvalue weighted by Gasteiger charge is -2.22. The van der Waals surface area contributed by atoms with Gasteiger partial charge in [0.1, 0.15) is 17.4 Å². The number of amides is 1. The minimum atomic E-state index is -3.78. The molecule has 0 radical (unpaired) electrons. The van der Waals surface area contributed by atoms with Crippen molar-refractivity contribution in [1.29, 1.82) is 0 Å². The van der Waals surface area contributed by atoms with E-state index in [0.717, 1.165) is 5.56 Å². The van der Waals surface area contributed by atoms with Crippen LogP contribution in [0.5, 0.6) is 0 Å². The summed E-state index contributed by atoms with van der Waals surface area (Å²) in [6.07, 6.45) is 1.55. The smallest absolute Gasteiger partial charge is 0.278 e. The van der Waals surface area contributed by atoms with Gasteiger partial charge in [-0.1, -0.05) is 36.4 Å². The Bertz CT molecular complexity index is 1290. The molecular weight excluding hydrogens is 428 g/mol. The lowest BCUT2D eigenvalue weighted by molar-refractivity contribution is 0.0734. The van der Waals surface area contributed by atoms with Gasteiger partial charge < -0.3 is 0 Å². The van der Waals surface area contributed by atoms with Crippen LogP contribution in [0.25, 0.3) is 0 Å². The molecule has 10 heteroatoms. The lowest BCUT2D eigenvalue weighted by Crippen LogP contribution is -2.31. The van der Waals surface area contributed by atoms with E-state index >= 15 is 0 Å². The van der Waals surface area contributed by atoms with Crippen molar-refractivity contribution in [3.63, 3.8) is 0 Å². The Hall–Kier alpha value is -3.89. The molecule has 1 amide bonds. The number of sulfonamides is 1. The molecule has 2 heterocycles. The van der Waals surface area contributed by atoms with Gasteiger partial charge in [0.2, 0.25) is 10.0 Å². The Kier molecular flexibility index (Phi) is 5.80. The second-order valence-corrected chi connectivity index (χ2v) is 8.60. The first-order valence-corrected chi connectivity index (χ1v) is 11.2. The van der Waals surface area contributed by atoms with E-state index in [4.69, 9.17) is 5.14 Å². The van der Waals surface area contributed by atoms with Gasteiger partial charge in [0, 0.05) is 6.20 Å². The zero-order valence-corrected chi connectivity index (χ0v) is 17.9. The number of carbonyl (C=O) groups excluding carboxylic acids is 1. The first kappa shape index (κ1) is 21.3. The maximum absolute atomic E-state index is 13.1. The highest BCUT2D eigenvalue weighted by atomic mass is 32.2. The number of hydrazone groups is 2. The van der Waals surface area contributed by atoms with Crippen LogP contribution in [0.15, 0.2) is 94.1 Å². The molecule has 2 aromatic carbocycles. The second kappa shape index (κ2) is 8.69. The van der Waals surface area contributed by atoms with Crippen molar-refractivity contribution < 1.29 is 13.2 Å². The Balaban J connectivity index is 1.67. The van der Waals surface area contributed by atoms with Crippen LogP contribution in [0.1, 0.15) is 29.0 Å². The van der Waals surface area contributed by atoms with Gasteiger partial charge in [-0.3, -0.25) is 15.2 Å². The summed E-state index contributed by atoms with van der Waals surface area (Å²) < 4.78 is 22.9. The van der Waals surface area contributed by atoms with Gasteiger partial charge in [-0.05, 0) is 48.9 Å². The number of rotatable bonds is 5. The summed E-state index contributed by atoms with van der Waals surface area (Å²) in [7, 11) is -3.78. The molecule has 4 rings (SSSR count). The number of hydrogen-bond acceptors (Lipinski definition) is 7. The standard InChI is InChI=1S/C22H20N6O3S/c1-15-20(26-25-17-10-12-18(13-11-17)32(23,30)31)21(16-7-3-2-4-8-16)28(27-15)22(29)19-9-5-6-14-24-19/h2-14,21,25H,1H3,(H2,23,30,31)/b26-20-. The highest BCUT2D eigenvalue weighted by Crippen LogP contribution is 2.30. The zero-order chi connectivity index (χ0) is 22.7. The van der Waals surface area contributed by atoms with Crippen LogP contribution in [0.2, 0.25) is 0 Å². The number of hydrogen-bond donors (Lipinski definition) is 2. The van der Waals surface area contributed by atoms with Crippen molar-refractivity contribution in [2.45, 2.75) is 17.9 Å². The molecule has 32 heavy (non-hydrogen) atoms. The lowest BCUT2D eigenvalue weighted by atomic mass is 10.00. The van der Waals surface area contributed by atoms with Gasteiger partial charge in [-0.2, -0.15) is 10.2 Å². The van der Waals surface area contributed by atoms with Crippen LogP contribution >= 0.6 is 0 Å². The summed E-state index contributed by atoms with van der Waals surface area (Å²) >= 11 is 0. The quantitative estimate of drug-likeness (QED) is 0.580. The van der Waals surface area contributed by atoms with Crippen LogP contribution in [0, 0.1) is 0 Å². The van der Waals surface area contributed by atoms with Crippen molar-refractivity contribution in [3.8, 4) is 0 Å². The molecule has 1 unspecified atom stereocenters. The molecule has 1 aromatic heterocycles. The fourth-order valence-corrected chi connectivity index (χ4v) is 3.79. The normalized spacial score (nSPS) is 17.3. The van der Waals surface area contributed by atoms with Crippen molar-refractivity contribution in [2.75, 3.05) is 5.43 Å². The van der Waals surface area contributed by atoms with E-state index in [-0.39, 0.29) is 16.5 Å². The molecule has 1 atom stereocenters. The summed E-state index contributed by atoms with van der Waals surface area (Å²) in [5.74, 6) is -0.346. The number of nitrogens with two attached hydrogens (primary N) is 1. The topological polar surface area (TPSA) is 130 Å². The van der Waals surface area contributed by atoms with Gasteiger partial charge in [0.15, 0.2) is 0 Å². The molecule has 162 valence electrons. The van der Waals surface area contributed by atoms with E-state index in [2.05, 4.69) is 20.6 Å². The van der Waals surface area contributed by atoms with E-state index in [1.165, 1.54) is 17.1 Å². The van der Waals surface area contributed by atoms with Crippen LogP contribution in [0.3, 0.4) is 0 Å². The minimum absolute atomic E-state index is 0.00334. The molecule has 0 bridgehead atoms. The van der Waals surface area contributed by atoms with E-state index < -0.39 is 16.1 Å². The molecule has 3 N–H and O–H groups in total. The monoisotopic (exact) mass is 448 g/mol. The average Bonchev–Trinajstić information content (AvgIpc) is 3.14. The van der Waals surface area contributed by atoms with Crippen molar-refractivity contribution >= 4 is 33.0 Å². The number of anilines is 1. The Labute approximate surface area is 185 Å². The minimum Gasteiger partial charge on any atom is -0.278 e. The predicted molar refractivity (Wildman–Crippen MR) is 122 cm³/mol. The SMILES string of the molecule is CC1=NN(C(=O)c2ccccn2)C(c2ccccc2)/C1=N\Nc1ccc(S(N)(=O)=O)cc1. The van der Waals surface area contributed by atoms with Crippen LogP contribution in [-0.2, 0) is 10.0 Å². The van der Waals surface area contributed by atoms with Gasteiger partial charge in [-0.25, -0.2) is 18.6 Å². The summed E-state index contributed by atoms with van der Waals surface area (Å²) in [6.45, 7) is 1.77. The molecule has 9 nitrogen and oxygen atoms in total. The molecule has 1 aliphatic rings. The highest BCUT2D eigenvalue weighted by Gasteiger charge is 2.37. The summed E-state index contributed by atoms with van der Waals surface area (Å²) in [4.78, 5) is 17.3. The third-order valence-corrected chi connectivity index (χ3v) is 5.76. The third kappa shape index (κ3) is 4.41. The average molecular weight is 449 g/mol. The van der Waals surface area contributed by atoms with Crippen molar-refractivity contribution in [1.82, 2.24) is 9.99 Å². The highest BCUT2D eigenvalue weighted by molar-refractivity contribution is 7.89. The second-order valence-electron chi connectivity index (χ2n) is 7.04. The van der Waals surface area contributed by atoms with Crippen LogP contribution in [-0.4, -0.2) is 35.7 Å². The molecule has 0 saturated carbocycles. The van der Waals surface area contributed by atoms with Gasteiger partial charge in [0.25, 0.3) is 5.91 Å². The van der Waals surface area contributed by atoms with E-state index in [9.17, 15) is 13.2 Å². The summed E-state index contributed by atoms with van der Waals surface area (Å²) in [5.41, 5.74) is 5.70. The molecule has 3 aromatic rings. The van der Waals surface area contributed by atoms with E-state index in [1.807, 2.05) is 30.3 Å². The van der Waals surface area contributed by atoms with Crippen LogP contribution < -0.4 is 10.6 Å². The third-order valence-electron chi connectivity index (χ3n) is 4.83. The molecule has 1 aliphatic heterocycles. The number of aromatic nitrogens is 1. The number of pyridine rings is 1. The van der Waals surface area contributed by atoms with E-state index in [1.54, 1.807) is 43.5 Å². The summed E-state index contributed by atoms with van der Waals surface area (Å²) in [5, 5.41) is 15.5. The van der Waals surface area contributed by atoms with Crippen molar-refractivity contribution in [2.24, 2.45) is 15.3 Å². The number of benzene rings is 2. The molecule has 0 aliphatic carbocycles. The van der Waals surface area contributed by atoms with Gasteiger partial charge in [0.05, 0.1) is 16.3 Å². The Morgan fingerprint density at radius 2 is 1.72 bits per heavy atom. The predicted octanol–water partition coefficient (Wildman–Crippen LogP) is 2.77. The van der Waals surface area contributed by atoms with Crippen LogP contribution in [0.4, 0.5) is 5.69 Å². The van der Waals surface area contributed by atoms with E-state index in [0.29, 0.717) is 17.1 Å². The Morgan fingerprint density at radius 3 is 2.34 bits per heavy atom. The maximum atomic E-state index is 13.1. The van der Waals surface area contributed by atoms with Gasteiger partial charge >= 0.3 is 0 Å². The fraction of sp³-hybridized carbons (Fsp3) is 0.0909. The molecule has 0 fully saturated rings. The Morgan fingerprint density at radius 1 is 1.03 bits per heavy atom. The zero-order valence-electron chi connectivity index (χ0n) is 17.1. The fourth-order valence-electron chi connectivity index (χ4n) is 3.27. The number of carbonyl (C=O) groups is 1. The first-order valence-electron chi connectivity index (χ1n) is 9.66. The molecule has 0 spiro atoms. The largest absolute Gasteiger partial charge is 0.293 e. The first-order chi connectivity index (χ1) is 15.3. The number of primary sulfonamides is 1. The summed E-state index contributed by atoms with van der Waals surface area (Å²) in [6, 6.07) is 19.9. The number of nitrogens with one attached hydrogen (secondary N) is 1. The maximum Gasteiger partial charge on any atom is 0.293 e. The van der Waals surface area contributed by atoms with Crippen molar-refractivity contribution in [3.05, 3.63) is 90.3 Å². The number of nitrogens with zero attached hydrogens (tertiary/aromatic N) is 4. The molecule has 0 saturated heterocycles. The van der Waals surface area contributed by atoms with Gasteiger partial charge in [-0.15, -0.1) is 0 Å². The molecular formula is C22H20N6O3S.